The number of rotatable bonds is 6. The third-order valence-electron chi connectivity index (χ3n) is 5.44. The molecule has 1 aliphatic carbocycles. The topological polar surface area (TPSA) is 0 Å². The third kappa shape index (κ3) is 31.7. The zero-order valence-electron chi connectivity index (χ0n) is 23.2. The second-order valence-corrected chi connectivity index (χ2v) is 8.96. The van der Waals surface area contributed by atoms with Crippen LogP contribution in [-0.4, -0.2) is 0 Å². The van der Waals surface area contributed by atoms with Gasteiger partial charge in [-0.2, -0.15) is 0 Å². The predicted molar refractivity (Wildman–Crippen MR) is 145 cm³/mol. The highest BCUT2D eigenvalue weighted by molar-refractivity contribution is 4.96. The molecule has 0 spiro atoms. The first-order chi connectivity index (χ1) is 14.2. The molecule has 2 atom stereocenters. The first-order valence-corrected chi connectivity index (χ1v) is 12.7. The lowest BCUT2D eigenvalue weighted by Crippen LogP contribution is -2.21. The van der Waals surface area contributed by atoms with Crippen LogP contribution in [0.5, 0.6) is 0 Å². The minimum absolute atomic E-state index is 0.652. The number of allylic oxidation sites excluding steroid dienone is 4. The predicted octanol–water partition coefficient (Wildman–Crippen LogP) is 11.3. The van der Waals surface area contributed by atoms with Crippen molar-refractivity contribution in [2.24, 2.45) is 17.3 Å². The fourth-order valence-corrected chi connectivity index (χ4v) is 3.22. The van der Waals surface area contributed by atoms with E-state index >= 15 is 0 Å². The molecule has 0 aliphatic heterocycles. The smallest absolute Gasteiger partial charge is 0.0297 e. The van der Waals surface area contributed by atoms with Crippen LogP contribution in [0, 0.1) is 17.3 Å². The van der Waals surface area contributed by atoms with Crippen LogP contribution in [0.3, 0.4) is 0 Å². The molecule has 180 valence electrons. The summed E-state index contributed by atoms with van der Waals surface area (Å²) >= 11 is 0. The van der Waals surface area contributed by atoms with E-state index in [0.29, 0.717) is 5.41 Å². The SMILES string of the molecule is C/C=C(\C)CC(C)CC.C=C=CC.C=CCCC.CC.CCC1CCCC(C)(C)C1. The van der Waals surface area contributed by atoms with Crippen LogP contribution in [0.25, 0.3) is 0 Å². The van der Waals surface area contributed by atoms with E-state index in [9.17, 15) is 0 Å². The standard InChI is InChI=1S/C10H20.C9H18.C5H10.C4H6.C2H6/c1-4-9-6-5-7-10(2,3)8-9;1-5-8(3)7-9(4)6-2;1-3-5-4-2;1-3-4-2;1-2/h9H,4-8H2,1-3H3;5,9H,6-7H2,1-4H3;3H,1,4-5H2,2H3;4H,1H2,2H3;1-2H3/b;8-5+;;;. The summed E-state index contributed by atoms with van der Waals surface area (Å²) in [7, 11) is 0. The number of unbranched alkanes of at least 4 members (excludes halogenated alkanes) is 1. The van der Waals surface area contributed by atoms with E-state index in [4.69, 9.17) is 0 Å². The molecule has 1 rings (SSSR count). The van der Waals surface area contributed by atoms with Crippen molar-refractivity contribution in [1.82, 2.24) is 0 Å². The van der Waals surface area contributed by atoms with E-state index in [1.54, 1.807) is 6.08 Å². The van der Waals surface area contributed by atoms with Gasteiger partial charge in [0.05, 0.1) is 0 Å². The fraction of sp³-hybridized carbons (Fsp3) is 0.767. The first-order valence-electron chi connectivity index (χ1n) is 12.7. The third-order valence-corrected chi connectivity index (χ3v) is 5.44. The second-order valence-electron chi connectivity index (χ2n) is 8.96. The summed E-state index contributed by atoms with van der Waals surface area (Å²) in [4.78, 5) is 0. The van der Waals surface area contributed by atoms with Gasteiger partial charge in [-0.3, -0.25) is 0 Å². The average molecular weight is 421 g/mol. The van der Waals surface area contributed by atoms with Gasteiger partial charge < -0.3 is 0 Å². The van der Waals surface area contributed by atoms with Crippen molar-refractivity contribution >= 4 is 0 Å². The van der Waals surface area contributed by atoms with Crippen molar-refractivity contribution in [1.29, 1.82) is 0 Å². The molecule has 0 aromatic rings. The second kappa shape index (κ2) is 28.0. The molecule has 1 saturated carbocycles. The van der Waals surface area contributed by atoms with Gasteiger partial charge in [0.25, 0.3) is 0 Å². The Morgan fingerprint density at radius 1 is 1.17 bits per heavy atom. The highest BCUT2D eigenvalue weighted by Gasteiger charge is 2.26. The van der Waals surface area contributed by atoms with Gasteiger partial charge in [0.2, 0.25) is 0 Å². The lowest BCUT2D eigenvalue weighted by Gasteiger charge is -2.34. The molecule has 0 radical (unpaired) electrons. The summed E-state index contributed by atoms with van der Waals surface area (Å²) in [6, 6.07) is 0. The summed E-state index contributed by atoms with van der Waals surface area (Å²) in [6.07, 6.45) is 18.1. The number of hydrogen-bond acceptors (Lipinski definition) is 0. The highest BCUT2D eigenvalue weighted by atomic mass is 14.3. The molecular formula is C30H60. The largest absolute Gasteiger partial charge is 0.133 e. The summed E-state index contributed by atoms with van der Waals surface area (Å²) in [5.74, 6) is 1.89. The molecule has 2 unspecified atom stereocenters. The molecule has 0 aromatic carbocycles. The Balaban J connectivity index is -0.000000155. The maximum absolute atomic E-state index is 3.55. The molecule has 0 saturated heterocycles. The minimum Gasteiger partial charge on any atom is -0.133 e. The van der Waals surface area contributed by atoms with E-state index in [2.05, 4.69) is 80.4 Å². The zero-order valence-corrected chi connectivity index (χ0v) is 23.2. The van der Waals surface area contributed by atoms with E-state index in [1.807, 2.05) is 26.8 Å². The van der Waals surface area contributed by atoms with Crippen molar-refractivity contribution in [2.45, 2.75) is 134 Å². The molecule has 30 heavy (non-hydrogen) atoms. The molecule has 0 N–H and O–H groups in total. The van der Waals surface area contributed by atoms with Gasteiger partial charge in [-0.1, -0.05) is 112 Å². The Morgan fingerprint density at radius 2 is 1.70 bits per heavy atom. The molecular weight excluding hydrogens is 360 g/mol. The fourth-order valence-electron chi connectivity index (χ4n) is 3.22. The highest BCUT2D eigenvalue weighted by Crippen LogP contribution is 2.39. The van der Waals surface area contributed by atoms with Crippen LogP contribution < -0.4 is 0 Å². The Labute approximate surface area is 194 Å². The quantitative estimate of drug-likeness (QED) is 0.296. The lowest BCUT2D eigenvalue weighted by atomic mass is 9.71. The van der Waals surface area contributed by atoms with Crippen molar-refractivity contribution in [3.05, 3.63) is 42.7 Å². The Morgan fingerprint density at radius 3 is 1.93 bits per heavy atom. The Kier molecular flexibility index (Phi) is 34.0. The molecule has 1 fully saturated rings. The van der Waals surface area contributed by atoms with Gasteiger partial charge in [-0.05, 0) is 69.8 Å². The van der Waals surface area contributed by atoms with E-state index in [0.717, 1.165) is 18.3 Å². The molecule has 0 aromatic heterocycles. The zero-order chi connectivity index (χ0) is 24.4. The molecule has 0 nitrogen and oxygen atoms in total. The van der Waals surface area contributed by atoms with Crippen LogP contribution >= 0.6 is 0 Å². The van der Waals surface area contributed by atoms with Crippen LogP contribution in [-0.2, 0) is 0 Å². The average Bonchev–Trinajstić information content (AvgIpc) is 2.75. The van der Waals surface area contributed by atoms with Crippen molar-refractivity contribution in [3.8, 4) is 0 Å². The molecule has 0 bridgehead atoms. The van der Waals surface area contributed by atoms with Gasteiger partial charge in [0.15, 0.2) is 0 Å². The van der Waals surface area contributed by atoms with Gasteiger partial charge >= 0.3 is 0 Å². The lowest BCUT2D eigenvalue weighted by molar-refractivity contribution is 0.177. The molecule has 0 amide bonds. The summed E-state index contributed by atoms with van der Waals surface area (Å²) in [6.45, 7) is 30.9. The minimum atomic E-state index is 0.652. The summed E-state index contributed by atoms with van der Waals surface area (Å²) < 4.78 is 0. The Hall–Kier alpha value is -1.00. The van der Waals surface area contributed by atoms with Gasteiger partial charge in [-0.25, -0.2) is 0 Å². The van der Waals surface area contributed by atoms with E-state index in [1.165, 1.54) is 56.9 Å². The number of hydrogen-bond donors (Lipinski definition) is 0. The first kappa shape index (κ1) is 36.4. The molecule has 0 heterocycles. The summed E-state index contributed by atoms with van der Waals surface area (Å²) in [5, 5.41) is 0. The van der Waals surface area contributed by atoms with Crippen LogP contribution in [0.4, 0.5) is 0 Å². The van der Waals surface area contributed by atoms with Crippen LogP contribution in [0.15, 0.2) is 42.7 Å². The van der Waals surface area contributed by atoms with Crippen LogP contribution in [0.1, 0.15) is 134 Å². The van der Waals surface area contributed by atoms with Gasteiger partial charge in [0, 0.05) is 0 Å². The van der Waals surface area contributed by atoms with Crippen molar-refractivity contribution < 1.29 is 0 Å². The van der Waals surface area contributed by atoms with Crippen LogP contribution in [0.2, 0.25) is 0 Å². The summed E-state index contributed by atoms with van der Waals surface area (Å²) in [5.41, 5.74) is 4.73. The van der Waals surface area contributed by atoms with E-state index < -0.39 is 0 Å². The van der Waals surface area contributed by atoms with Gasteiger partial charge in [-0.15, -0.1) is 12.3 Å². The Bertz CT molecular complexity index is 404. The van der Waals surface area contributed by atoms with Crippen molar-refractivity contribution in [3.63, 3.8) is 0 Å². The normalized spacial score (nSPS) is 17.4. The maximum Gasteiger partial charge on any atom is -0.0297 e. The molecule has 1 aliphatic rings. The maximum atomic E-state index is 3.55. The van der Waals surface area contributed by atoms with E-state index in [-0.39, 0.29) is 0 Å². The van der Waals surface area contributed by atoms with Crippen molar-refractivity contribution in [2.75, 3.05) is 0 Å². The molecule has 0 heteroatoms. The van der Waals surface area contributed by atoms with Gasteiger partial charge in [0.1, 0.15) is 0 Å². The monoisotopic (exact) mass is 420 g/mol.